The fourth-order valence-electron chi connectivity index (χ4n) is 1.87. The first-order chi connectivity index (χ1) is 10.9. The number of nitrogens with one attached hydrogen (secondary N) is 1. The van der Waals surface area contributed by atoms with Crippen LogP contribution in [0.25, 0.3) is 0 Å². The van der Waals surface area contributed by atoms with Crippen molar-refractivity contribution in [2.45, 2.75) is 11.8 Å². The van der Waals surface area contributed by atoms with Crippen LogP contribution in [0.2, 0.25) is 0 Å². The lowest BCUT2D eigenvalue weighted by atomic mass is 10.2. The number of ether oxygens (including phenoxy) is 1. The number of benzene rings is 2. The zero-order chi connectivity index (χ0) is 16.9. The molecular formula is C17H17NO4S. The highest BCUT2D eigenvalue weighted by Crippen LogP contribution is 2.21. The highest BCUT2D eigenvalue weighted by molar-refractivity contribution is 7.96. The summed E-state index contributed by atoms with van der Waals surface area (Å²) < 4.78 is 29.9. The molecular weight excluding hydrogens is 314 g/mol. The number of anilines is 1. The highest BCUT2D eigenvalue weighted by atomic mass is 32.2. The summed E-state index contributed by atoms with van der Waals surface area (Å²) >= 11 is 0. The van der Waals surface area contributed by atoms with Gasteiger partial charge in [-0.15, -0.1) is 0 Å². The Morgan fingerprint density at radius 3 is 2.22 bits per heavy atom. The van der Waals surface area contributed by atoms with E-state index >= 15 is 0 Å². The SMILES string of the molecule is COC(=O)/C(=C/Nc1ccccc1)S(=O)(=O)c1ccc(C)cc1. The van der Waals surface area contributed by atoms with Crippen LogP contribution < -0.4 is 5.32 Å². The molecule has 0 spiro atoms. The molecule has 0 aliphatic heterocycles. The maximum absolute atomic E-state index is 12.7. The van der Waals surface area contributed by atoms with Gasteiger partial charge in [-0.25, -0.2) is 13.2 Å². The van der Waals surface area contributed by atoms with Crippen LogP contribution in [0.5, 0.6) is 0 Å². The fourth-order valence-corrected chi connectivity index (χ4v) is 3.14. The Morgan fingerprint density at radius 2 is 1.65 bits per heavy atom. The van der Waals surface area contributed by atoms with Gasteiger partial charge in [0.25, 0.3) is 0 Å². The van der Waals surface area contributed by atoms with Crippen molar-refractivity contribution in [1.82, 2.24) is 0 Å². The largest absolute Gasteiger partial charge is 0.465 e. The fraction of sp³-hybridized carbons (Fsp3) is 0.118. The van der Waals surface area contributed by atoms with Gasteiger partial charge < -0.3 is 10.1 Å². The molecule has 0 bridgehead atoms. The summed E-state index contributed by atoms with van der Waals surface area (Å²) in [6, 6.07) is 15.2. The molecule has 2 aromatic carbocycles. The van der Waals surface area contributed by atoms with Gasteiger partial charge in [-0.05, 0) is 31.2 Å². The highest BCUT2D eigenvalue weighted by Gasteiger charge is 2.27. The molecule has 2 aromatic rings. The van der Waals surface area contributed by atoms with Crippen molar-refractivity contribution in [1.29, 1.82) is 0 Å². The summed E-state index contributed by atoms with van der Waals surface area (Å²) in [5, 5.41) is 2.81. The molecule has 0 atom stereocenters. The Bertz CT molecular complexity index is 809. The van der Waals surface area contributed by atoms with Crippen molar-refractivity contribution in [2.75, 3.05) is 12.4 Å². The molecule has 0 saturated heterocycles. The molecule has 120 valence electrons. The lowest BCUT2D eigenvalue weighted by Crippen LogP contribution is -2.17. The Labute approximate surface area is 135 Å². The van der Waals surface area contributed by atoms with E-state index in [1.165, 1.54) is 12.1 Å². The Balaban J connectivity index is 2.41. The van der Waals surface area contributed by atoms with Gasteiger partial charge in [-0.2, -0.15) is 0 Å². The van der Waals surface area contributed by atoms with Crippen molar-refractivity contribution < 1.29 is 17.9 Å². The number of carbonyl (C=O) groups is 1. The molecule has 0 radical (unpaired) electrons. The van der Waals surface area contributed by atoms with Gasteiger partial charge in [-0.3, -0.25) is 0 Å². The van der Waals surface area contributed by atoms with Gasteiger partial charge in [0.2, 0.25) is 9.84 Å². The van der Waals surface area contributed by atoms with E-state index in [0.29, 0.717) is 5.69 Å². The van der Waals surface area contributed by atoms with E-state index in [9.17, 15) is 13.2 Å². The van der Waals surface area contributed by atoms with Crippen LogP contribution in [0.15, 0.2) is 70.6 Å². The third-order valence-corrected chi connectivity index (χ3v) is 4.91. The number of para-hydroxylation sites is 1. The van der Waals surface area contributed by atoms with Crippen LogP contribution in [0.4, 0.5) is 5.69 Å². The average Bonchev–Trinajstić information content (AvgIpc) is 2.56. The van der Waals surface area contributed by atoms with Crippen LogP contribution in [-0.2, 0) is 19.4 Å². The number of hydrogen-bond donors (Lipinski definition) is 1. The average molecular weight is 331 g/mol. The van der Waals surface area contributed by atoms with Gasteiger partial charge in [0, 0.05) is 11.9 Å². The van der Waals surface area contributed by atoms with Crippen molar-refractivity contribution in [3.05, 3.63) is 71.3 Å². The topological polar surface area (TPSA) is 72.5 Å². The molecule has 0 aliphatic carbocycles. The molecule has 0 unspecified atom stereocenters. The number of carbonyl (C=O) groups excluding carboxylic acids is 1. The summed E-state index contributed by atoms with van der Waals surface area (Å²) in [5.41, 5.74) is 1.59. The second-order valence-electron chi connectivity index (χ2n) is 4.83. The van der Waals surface area contributed by atoms with E-state index in [-0.39, 0.29) is 4.90 Å². The first kappa shape index (κ1) is 16.8. The number of rotatable bonds is 5. The summed E-state index contributed by atoms with van der Waals surface area (Å²) in [5.74, 6) is -0.922. The second-order valence-corrected chi connectivity index (χ2v) is 6.75. The molecule has 5 nitrogen and oxygen atoms in total. The maximum Gasteiger partial charge on any atom is 0.351 e. The smallest absolute Gasteiger partial charge is 0.351 e. The summed E-state index contributed by atoms with van der Waals surface area (Å²) in [7, 11) is -2.83. The minimum atomic E-state index is -3.98. The molecule has 0 fully saturated rings. The third-order valence-electron chi connectivity index (χ3n) is 3.15. The van der Waals surface area contributed by atoms with Crippen molar-refractivity contribution >= 4 is 21.5 Å². The van der Waals surface area contributed by atoms with Crippen LogP contribution >= 0.6 is 0 Å². The number of esters is 1. The van der Waals surface area contributed by atoms with Crippen molar-refractivity contribution in [3.8, 4) is 0 Å². The Kier molecular flexibility index (Phi) is 5.18. The standard InChI is InChI=1S/C17H17NO4S/c1-13-8-10-15(11-9-13)23(20,21)16(17(19)22-2)12-18-14-6-4-3-5-7-14/h3-12,18H,1-2H3/b16-12-. The van der Waals surface area contributed by atoms with Crippen LogP contribution in [0, 0.1) is 6.92 Å². The molecule has 0 aliphatic rings. The van der Waals surface area contributed by atoms with Gasteiger partial charge in [-0.1, -0.05) is 35.9 Å². The third kappa shape index (κ3) is 3.98. The van der Waals surface area contributed by atoms with Gasteiger partial charge >= 0.3 is 5.97 Å². The van der Waals surface area contributed by atoms with E-state index < -0.39 is 20.7 Å². The van der Waals surface area contributed by atoms with E-state index in [0.717, 1.165) is 18.9 Å². The predicted molar refractivity (Wildman–Crippen MR) is 88.5 cm³/mol. The molecule has 0 aromatic heterocycles. The second kappa shape index (κ2) is 7.11. The number of methoxy groups -OCH3 is 1. The first-order valence-electron chi connectivity index (χ1n) is 6.87. The zero-order valence-electron chi connectivity index (χ0n) is 12.8. The summed E-state index contributed by atoms with van der Waals surface area (Å²) in [6.07, 6.45) is 1.15. The summed E-state index contributed by atoms with van der Waals surface area (Å²) in [6.45, 7) is 1.85. The zero-order valence-corrected chi connectivity index (χ0v) is 13.6. The van der Waals surface area contributed by atoms with Gasteiger partial charge in [0.05, 0.1) is 12.0 Å². The van der Waals surface area contributed by atoms with E-state index in [2.05, 4.69) is 10.1 Å². The Hall–Kier alpha value is -2.60. The number of sulfone groups is 1. The van der Waals surface area contributed by atoms with Crippen molar-refractivity contribution in [2.24, 2.45) is 0 Å². The summed E-state index contributed by atoms with van der Waals surface area (Å²) in [4.78, 5) is 11.5. The number of hydrogen-bond acceptors (Lipinski definition) is 5. The molecule has 0 amide bonds. The van der Waals surface area contributed by atoms with Crippen LogP contribution in [0.3, 0.4) is 0 Å². The first-order valence-corrected chi connectivity index (χ1v) is 8.35. The molecule has 0 heterocycles. The lowest BCUT2D eigenvalue weighted by molar-refractivity contribution is -0.135. The van der Waals surface area contributed by atoms with Gasteiger partial charge in [0.15, 0.2) is 4.91 Å². The normalized spacial score (nSPS) is 11.8. The molecule has 6 heteroatoms. The van der Waals surface area contributed by atoms with E-state index in [1.54, 1.807) is 36.4 Å². The van der Waals surface area contributed by atoms with E-state index in [1.807, 2.05) is 13.0 Å². The van der Waals surface area contributed by atoms with Gasteiger partial charge in [0.1, 0.15) is 0 Å². The minimum Gasteiger partial charge on any atom is -0.465 e. The predicted octanol–water partition coefficient (Wildman–Crippen LogP) is 2.90. The van der Waals surface area contributed by atoms with Crippen LogP contribution in [0.1, 0.15) is 5.56 Å². The van der Waals surface area contributed by atoms with Crippen LogP contribution in [-0.4, -0.2) is 21.5 Å². The molecule has 2 rings (SSSR count). The number of aryl methyl sites for hydroxylation is 1. The monoisotopic (exact) mass is 331 g/mol. The Morgan fingerprint density at radius 1 is 1.04 bits per heavy atom. The van der Waals surface area contributed by atoms with Crippen molar-refractivity contribution in [3.63, 3.8) is 0 Å². The minimum absolute atomic E-state index is 0.0367. The molecule has 0 saturated carbocycles. The molecule has 1 N–H and O–H groups in total. The van der Waals surface area contributed by atoms with E-state index in [4.69, 9.17) is 0 Å². The quantitative estimate of drug-likeness (QED) is 0.674. The lowest BCUT2D eigenvalue weighted by Gasteiger charge is -2.09. The molecule has 23 heavy (non-hydrogen) atoms. The maximum atomic E-state index is 12.7.